The quantitative estimate of drug-likeness (QED) is 0.206. The molecule has 3 aromatic carbocycles. The van der Waals surface area contributed by atoms with Crippen molar-refractivity contribution >= 4 is 81.7 Å². The lowest BCUT2D eigenvalue weighted by Crippen LogP contribution is -1.90. The highest BCUT2D eigenvalue weighted by atomic mass is 35.5. The van der Waals surface area contributed by atoms with E-state index in [1.807, 2.05) is 24.3 Å². The van der Waals surface area contributed by atoms with Crippen molar-refractivity contribution in [1.29, 1.82) is 0 Å². The van der Waals surface area contributed by atoms with E-state index in [9.17, 15) is 10.2 Å². The van der Waals surface area contributed by atoms with E-state index in [2.05, 4.69) is 9.44 Å². The molecule has 0 atom stereocenters. The predicted molar refractivity (Wildman–Crippen MR) is 122 cm³/mol. The Labute approximate surface area is 190 Å². The van der Waals surface area contributed by atoms with Crippen LogP contribution in [-0.2, 0) is 0 Å². The van der Waals surface area contributed by atoms with Crippen LogP contribution in [0.1, 0.15) is 0 Å². The van der Waals surface area contributed by atoms with Crippen LogP contribution in [0.5, 0.6) is 11.5 Å². The van der Waals surface area contributed by atoms with E-state index in [1.54, 1.807) is 12.1 Å². The Morgan fingerprint density at radius 3 is 1.50 bits per heavy atom. The second-order valence-electron chi connectivity index (χ2n) is 5.45. The third-order valence-corrected chi connectivity index (χ3v) is 6.06. The van der Waals surface area contributed by atoms with Crippen molar-refractivity contribution in [2.24, 2.45) is 0 Å². The van der Waals surface area contributed by atoms with Crippen LogP contribution < -0.4 is 9.44 Å². The van der Waals surface area contributed by atoms with E-state index in [0.717, 1.165) is 9.79 Å². The molecule has 0 saturated carbocycles. The van der Waals surface area contributed by atoms with Crippen molar-refractivity contribution in [2.75, 3.05) is 9.44 Å². The number of aromatic hydroxyl groups is 2. The van der Waals surface area contributed by atoms with E-state index >= 15 is 0 Å². The van der Waals surface area contributed by atoms with Gasteiger partial charge in [0, 0.05) is 19.8 Å². The Morgan fingerprint density at radius 1 is 0.643 bits per heavy atom. The Hall–Kier alpha value is -1.28. The van der Waals surface area contributed by atoms with Crippen molar-refractivity contribution in [3.63, 3.8) is 0 Å². The van der Waals surface area contributed by atoms with Crippen LogP contribution in [-0.4, -0.2) is 10.2 Å². The van der Waals surface area contributed by atoms with E-state index in [1.165, 1.54) is 36.0 Å². The van der Waals surface area contributed by atoms with Crippen molar-refractivity contribution in [3.05, 3.63) is 68.6 Å². The topological polar surface area (TPSA) is 64.5 Å². The number of nitrogens with one attached hydrogen (secondary N) is 2. The molecular weight excluding hydrogens is 482 g/mol. The molecule has 0 fully saturated rings. The van der Waals surface area contributed by atoms with E-state index in [4.69, 9.17) is 46.4 Å². The highest BCUT2D eigenvalue weighted by Crippen LogP contribution is 2.39. The first kappa shape index (κ1) is 21.4. The Morgan fingerprint density at radius 2 is 1.07 bits per heavy atom. The molecule has 0 aliphatic rings. The second-order valence-corrected chi connectivity index (χ2v) is 8.90. The maximum Gasteiger partial charge on any atom is 0.158 e. The van der Waals surface area contributed by atoms with Gasteiger partial charge < -0.3 is 19.7 Å². The van der Waals surface area contributed by atoms with Gasteiger partial charge in [0.1, 0.15) is 0 Å². The zero-order valence-corrected chi connectivity index (χ0v) is 18.5. The summed E-state index contributed by atoms with van der Waals surface area (Å²) in [6, 6.07) is 13.7. The number of hydrogen-bond donors (Lipinski definition) is 4. The number of benzene rings is 3. The minimum absolute atomic E-state index is 0.0703. The lowest BCUT2D eigenvalue weighted by Gasteiger charge is -2.11. The maximum absolute atomic E-state index is 10.0. The standard InChI is InChI=1S/C18H12Cl4N2O2S2/c19-9-4-13(21)17(25)15(6-9)23-27-11-2-1-3-12(8-11)28-24-16-7-10(20)5-14(22)18(16)26/h1-8,23-26H. The van der Waals surface area contributed by atoms with Crippen LogP contribution in [0.2, 0.25) is 20.1 Å². The zero-order chi connectivity index (χ0) is 20.3. The normalized spacial score (nSPS) is 10.7. The van der Waals surface area contributed by atoms with Gasteiger partial charge in [-0.05, 0) is 66.4 Å². The smallest absolute Gasteiger partial charge is 0.158 e. The summed E-state index contributed by atoms with van der Waals surface area (Å²) in [5.74, 6) is -0.141. The highest BCUT2D eigenvalue weighted by Gasteiger charge is 2.10. The first-order valence-corrected chi connectivity index (χ1v) is 10.8. The SMILES string of the molecule is Oc1c(Cl)cc(Cl)cc1NSc1cccc(SNc2cc(Cl)cc(Cl)c2O)c1. The fourth-order valence-corrected chi connectivity index (χ4v) is 4.61. The molecule has 4 N–H and O–H groups in total. The van der Waals surface area contributed by atoms with Gasteiger partial charge in [-0.3, -0.25) is 0 Å². The van der Waals surface area contributed by atoms with Crippen LogP contribution in [0.3, 0.4) is 0 Å². The zero-order valence-electron chi connectivity index (χ0n) is 13.8. The van der Waals surface area contributed by atoms with Crippen LogP contribution in [0.4, 0.5) is 11.4 Å². The van der Waals surface area contributed by atoms with E-state index in [0.29, 0.717) is 21.4 Å². The number of phenolic OH excluding ortho intramolecular Hbond substituents is 2. The summed E-state index contributed by atoms with van der Waals surface area (Å²) in [5, 5.41) is 21.2. The van der Waals surface area contributed by atoms with Gasteiger partial charge in [0.2, 0.25) is 0 Å². The number of hydrogen-bond acceptors (Lipinski definition) is 6. The lowest BCUT2D eigenvalue weighted by molar-refractivity contribution is 0.478. The average Bonchev–Trinajstić information content (AvgIpc) is 2.65. The Kier molecular flexibility index (Phi) is 7.25. The molecule has 4 nitrogen and oxygen atoms in total. The summed E-state index contributed by atoms with van der Waals surface area (Å²) in [6.45, 7) is 0. The predicted octanol–water partition coefficient (Wildman–Crippen LogP) is 7.95. The number of phenols is 2. The largest absolute Gasteiger partial charge is 0.504 e. The van der Waals surface area contributed by atoms with Gasteiger partial charge >= 0.3 is 0 Å². The molecule has 146 valence electrons. The molecule has 0 aliphatic heterocycles. The van der Waals surface area contributed by atoms with Gasteiger partial charge in [0.15, 0.2) is 11.5 Å². The average molecular weight is 494 g/mol. The summed E-state index contributed by atoms with van der Waals surface area (Å²) in [5.41, 5.74) is 0.828. The number of anilines is 2. The molecule has 0 saturated heterocycles. The van der Waals surface area contributed by atoms with E-state index in [-0.39, 0.29) is 21.5 Å². The molecule has 0 radical (unpaired) electrons. The second kappa shape index (κ2) is 9.48. The van der Waals surface area contributed by atoms with Crippen LogP contribution in [0.15, 0.2) is 58.3 Å². The maximum atomic E-state index is 10.0. The molecule has 3 rings (SSSR count). The van der Waals surface area contributed by atoms with Gasteiger partial charge in [-0.1, -0.05) is 52.5 Å². The molecule has 0 aliphatic carbocycles. The first-order chi connectivity index (χ1) is 13.3. The van der Waals surface area contributed by atoms with Crippen molar-refractivity contribution in [1.82, 2.24) is 0 Å². The molecule has 0 aromatic heterocycles. The lowest BCUT2D eigenvalue weighted by atomic mass is 10.3. The van der Waals surface area contributed by atoms with Gasteiger partial charge in [0.05, 0.1) is 21.4 Å². The third-order valence-electron chi connectivity index (χ3n) is 3.42. The highest BCUT2D eigenvalue weighted by molar-refractivity contribution is 8.01. The Balaban J connectivity index is 1.68. The monoisotopic (exact) mass is 492 g/mol. The summed E-state index contributed by atoms with van der Waals surface area (Å²) >= 11 is 26.4. The van der Waals surface area contributed by atoms with Crippen LogP contribution >= 0.6 is 70.3 Å². The van der Waals surface area contributed by atoms with Gasteiger partial charge in [-0.25, -0.2) is 0 Å². The minimum atomic E-state index is -0.0703. The van der Waals surface area contributed by atoms with Crippen molar-refractivity contribution in [3.8, 4) is 11.5 Å². The molecule has 3 aromatic rings. The summed E-state index contributed by atoms with van der Waals surface area (Å²) in [4.78, 5) is 1.77. The molecular formula is C18H12Cl4N2O2S2. The molecule has 0 amide bonds. The molecule has 0 heterocycles. The third kappa shape index (κ3) is 5.41. The minimum Gasteiger partial charge on any atom is -0.504 e. The number of halogens is 4. The Bertz CT molecular complexity index is 944. The fourth-order valence-electron chi connectivity index (χ4n) is 2.12. The van der Waals surface area contributed by atoms with Gasteiger partial charge in [-0.15, -0.1) is 0 Å². The molecule has 0 bridgehead atoms. The molecule has 0 unspecified atom stereocenters. The molecule has 28 heavy (non-hydrogen) atoms. The van der Waals surface area contributed by atoms with Crippen molar-refractivity contribution < 1.29 is 10.2 Å². The fraction of sp³-hybridized carbons (Fsp3) is 0. The molecule has 0 spiro atoms. The first-order valence-electron chi connectivity index (χ1n) is 7.65. The van der Waals surface area contributed by atoms with Crippen molar-refractivity contribution in [2.45, 2.75) is 9.79 Å². The molecule has 10 heteroatoms. The van der Waals surface area contributed by atoms with Gasteiger partial charge in [-0.2, -0.15) is 0 Å². The van der Waals surface area contributed by atoms with Crippen LogP contribution in [0.25, 0.3) is 0 Å². The van der Waals surface area contributed by atoms with Gasteiger partial charge in [0.25, 0.3) is 0 Å². The van der Waals surface area contributed by atoms with Crippen LogP contribution in [0, 0.1) is 0 Å². The van der Waals surface area contributed by atoms with E-state index < -0.39 is 0 Å². The summed E-state index contributed by atoms with van der Waals surface area (Å²) < 4.78 is 6.06. The number of rotatable bonds is 6. The summed E-state index contributed by atoms with van der Waals surface area (Å²) in [6.07, 6.45) is 0. The summed E-state index contributed by atoms with van der Waals surface area (Å²) in [7, 11) is 0.